The lowest BCUT2D eigenvalue weighted by Crippen LogP contribution is -2.34. The monoisotopic (exact) mass is 459 g/mol. The van der Waals surface area contributed by atoms with Crippen LogP contribution in [0.15, 0.2) is 48.8 Å². The summed E-state index contributed by atoms with van der Waals surface area (Å²) in [5, 5.41) is 24.6. The summed E-state index contributed by atoms with van der Waals surface area (Å²) in [6, 6.07) is 8.04. The Bertz CT molecular complexity index is 1130. The number of aliphatic hydroxyl groups is 2. The zero-order chi connectivity index (χ0) is 23.8. The van der Waals surface area contributed by atoms with Crippen LogP contribution >= 0.6 is 0 Å². The first-order valence-electron chi connectivity index (χ1n) is 10.7. The van der Waals surface area contributed by atoms with Gasteiger partial charge in [0.15, 0.2) is 5.78 Å². The highest BCUT2D eigenvalue weighted by Gasteiger charge is 2.35. The van der Waals surface area contributed by atoms with E-state index in [4.69, 9.17) is 0 Å². The number of pyridine rings is 1. The predicted molar refractivity (Wildman–Crippen MR) is 114 cm³/mol. The average molecular weight is 459 g/mol. The second kappa shape index (κ2) is 8.72. The van der Waals surface area contributed by atoms with E-state index in [1.165, 1.54) is 23.0 Å². The molecule has 4 rings (SSSR count). The Kier molecular flexibility index (Phi) is 6.11. The zero-order valence-corrected chi connectivity index (χ0v) is 18.0. The Balaban J connectivity index is 1.47. The van der Waals surface area contributed by atoms with Gasteiger partial charge in [0, 0.05) is 12.6 Å². The first-order valence-corrected chi connectivity index (χ1v) is 10.7. The molecule has 1 aromatic carbocycles. The molecule has 0 radical (unpaired) electrons. The summed E-state index contributed by atoms with van der Waals surface area (Å²) in [4.78, 5) is 17.2. The van der Waals surface area contributed by atoms with Crippen molar-refractivity contribution in [3.8, 4) is 5.69 Å². The number of benzene rings is 1. The van der Waals surface area contributed by atoms with Crippen LogP contribution in [0.3, 0.4) is 0 Å². The fourth-order valence-electron chi connectivity index (χ4n) is 4.16. The Hall–Kier alpha value is -3.04. The molecule has 1 aliphatic rings. The Morgan fingerprint density at radius 3 is 2.36 bits per heavy atom. The van der Waals surface area contributed by atoms with Gasteiger partial charge in [0.2, 0.25) is 0 Å². The quantitative estimate of drug-likeness (QED) is 0.560. The summed E-state index contributed by atoms with van der Waals surface area (Å²) in [5.41, 5.74) is 0.704. The lowest BCUT2D eigenvalue weighted by molar-refractivity contribution is -0.137. The topological polar surface area (TPSA) is 88.2 Å². The van der Waals surface area contributed by atoms with Crippen LogP contribution < -0.4 is 0 Å². The number of ketones is 1. The first kappa shape index (κ1) is 23.1. The number of carbonyl (C=O) groups excluding carboxylic acids is 1. The smallest absolute Gasteiger partial charge is 0.393 e. The van der Waals surface area contributed by atoms with Crippen molar-refractivity contribution in [3.63, 3.8) is 0 Å². The van der Waals surface area contributed by atoms with Crippen molar-refractivity contribution in [1.82, 2.24) is 14.8 Å². The van der Waals surface area contributed by atoms with Crippen LogP contribution in [0.2, 0.25) is 0 Å². The van der Waals surface area contributed by atoms with Crippen LogP contribution in [0.4, 0.5) is 13.2 Å². The molecule has 0 spiro atoms. The van der Waals surface area contributed by atoms with E-state index in [0.29, 0.717) is 53.9 Å². The zero-order valence-electron chi connectivity index (χ0n) is 18.0. The van der Waals surface area contributed by atoms with Crippen molar-refractivity contribution in [1.29, 1.82) is 0 Å². The van der Waals surface area contributed by atoms with E-state index in [-0.39, 0.29) is 12.2 Å². The number of halogens is 3. The van der Waals surface area contributed by atoms with Gasteiger partial charge < -0.3 is 10.2 Å². The number of hydrogen-bond donors (Lipinski definition) is 2. The Morgan fingerprint density at radius 2 is 1.79 bits per heavy atom. The third kappa shape index (κ3) is 4.84. The van der Waals surface area contributed by atoms with Crippen LogP contribution in [-0.4, -0.2) is 36.9 Å². The van der Waals surface area contributed by atoms with Crippen molar-refractivity contribution in [2.75, 3.05) is 0 Å². The maximum atomic E-state index is 12.8. The van der Waals surface area contributed by atoms with Crippen molar-refractivity contribution in [2.45, 2.75) is 56.9 Å². The van der Waals surface area contributed by atoms with Gasteiger partial charge in [-0.1, -0.05) is 6.07 Å². The third-order valence-corrected chi connectivity index (χ3v) is 6.20. The number of rotatable bonds is 5. The number of carbonyl (C=O) groups is 1. The van der Waals surface area contributed by atoms with Crippen molar-refractivity contribution >= 4 is 5.78 Å². The van der Waals surface area contributed by atoms with E-state index in [1.54, 1.807) is 25.3 Å². The van der Waals surface area contributed by atoms with Crippen LogP contribution in [0, 0.1) is 6.92 Å². The van der Waals surface area contributed by atoms with E-state index in [1.807, 2.05) is 0 Å². The fourth-order valence-corrected chi connectivity index (χ4v) is 4.16. The molecule has 0 saturated heterocycles. The molecule has 0 aliphatic heterocycles. The summed E-state index contributed by atoms with van der Waals surface area (Å²) < 4.78 is 39.8. The lowest BCUT2D eigenvalue weighted by atomic mass is 9.81. The molecule has 0 bridgehead atoms. The van der Waals surface area contributed by atoms with Crippen LogP contribution in [0.25, 0.3) is 5.69 Å². The molecule has 2 aromatic heterocycles. The van der Waals surface area contributed by atoms with E-state index in [2.05, 4.69) is 10.1 Å². The van der Waals surface area contributed by atoms with Crippen molar-refractivity contribution in [2.24, 2.45) is 0 Å². The van der Waals surface area contributed by atoms with Crippen LogP contribution in [0.5, 0.6) is 0 Å². The standard InChI is InChI=1S/C24H24F3N3O3/c1-15-20(14-29-30(15)18-5-3-17(4-6-18)24(25,26)27)21(32)12-16-2-7-22(28-13-16)23(33)10-8-19(31)9-11-23/h2-7,13-14,19,31,33H,8-12H2,1H3. The van der Waals surface area contributed by atoms with E-state index < -0.39 is 23.4 Å². The molecular formula is C24H24F3N3O3. The van der Waals surface area contributed by atoms with Gasteiger partial charge in [-0.2, -0.15) is 18.3 Å². The minimum Gasteiger partial charge on any atom is -0.393 e. The maximum Gasteiger partial charge on any atom is 0.416 e. The van der Waals surface area contributed by atoms with Gasteiger partial charge in [0.1, 0.15) is 5.60 Å². The highest BCUT2D eigenvalue weighted by atomic mass is 19.4. The number of alkyl halides is 3. The molecule has 0 atom stereocenters. The SMILES string of the molecule is Cc1c(C(=O)Cc2ccc(C3(O)CCC(O)CC3)nc2)cnn1-c1ccc(C(F)(F)F)cc1. The minimum atomic E-state index is -4.42. The molecular weight excluding hydrogens is 435 g/mol. The summed E-state index contributed by atoms with van der Waals surface area (Å²) in [7, 11) is 0. The van der Waals surface area contributed by atoms with Gasteiger partial charge in [-0.25, -0.2) is 4.68 Å². The number of aliphatic hydroxyl groups excluding tert-OH is 1. The first-order chi connectivity index (χ1) is 15.6. The van der Waals surface area contributed by atoms with Gasteiger partial charge in [-0.15, -0.1) is 0 Å². The highest BCUT2D eigenvalue weighted by molar-refractivity contribution is 5.98. The molecule has 0 amide bonds. The molecule has 174 valence electrons. The molecule has 3 aromatic rings. The highest BCUT2D eigenvalue weighted by Crippen LogP contribution is 2.36. The van der Waals surface area contributed by atoms with Gasteiger partial charge in [-0.05, 0) is 68.5 Å². The minimum absolute atomic E-state index is 0.0734. The summed E-state index contributed by atoms with van der Waals surface area (Å²) in [6.07, 6.45) is 0.123. The van der Waals surface area contributed by atoms with Crippen LogP contribution in [-0.2, 0) is 18.2 Å². The summed E-state index contributed by atoms with van der Waals surface area (Å²) in [6.45, 7) is 1.69. The molecule has 33 heavy (non-hydrogen) atoms. The normalized spacial score (nSPS) is 21.2. The van der Waals surface area contributed by atoms with Gasteiger partial charge in [0.25, 0.3) is 0 Å². The van der Waals surface area contributed by atoms with E-state index in [0.717, 1.165) is 12.1 Å². The lowest BCUT2D eigenvalue weighted by Gasteiger charge is -2.33. The molecule has 2 N–H and O–H groups in total. The number of Topliss-reactive ketones (excluding diaryl/α,β-unsaturated/α-hetero) is 1. The van der Waals surface area contributed by atoms with Gasteiger partial charge in [0.05, 0.1) is 40.5 Å². The van der Waals surface area contributed by atoms with Crippen LogP contribution in [0.1, 0.15) is 58.6 Å². The summed E-state index contributed by atoms with van der Waals surface area (Å²) >= 11 is 0. The van der Waals surface area contributed by atoms with Crippen molar-refractivity contribution in [3.05, 3.63) is 76.9 Å². The summed E-state index contributed by atoms with van der Waals surface area (Å²) in [5.74, 6) is -0.195. The molecule has 1 aliphatic carbocycles. The molecule has 0 unspecified atom stereocenters. The van der Waals surface area contributed by atoms with Crippen molar-refractivity contribution < 1.29 is 28.2 Å². The van der Waals surface area contributed by atoms with E-state index >= 15 is 0 Å². The fraction of sp³-hybridized carbons (Fsp3) is 0.375. The predicted octanol–water partition coefficient (Wildman–Crippen LogP) is 4.14. The molecule has 1 fully saturated rings. The van der Waals surface area contributed by atoms with Gasteiger partial charge in [-0.3, -0.25) is 9.78 Å². The second-order valence-corrected chi connectivity index (χ2v) is 8.51. The Labute approximate surface area is 188 Å². The average Bonchev–Trinajstić information content (AvgIpc) is 3.17. The molecule has 6 nitrogen and oxygen atoms in total. The number of nitrogens with zero attached hydrogens (tertiary/aromatic N) is 3. The van der Waals surface area contributed by atoms with E-state index in [9.17, 15) is 28.2 Å². The molecule has 1 saturated carbocycles. The number of hydrogen-bond acceptors (Lipinski definition) is 5. The largest absolute Gasteiger partial charge is 0.416 e. The Morgan fingerprint density at radius 1 is 1.12 bits per heavy atom. The second-order valence-electron chi connectivity index (χ2n) is 8.51. The third-order valence-electron chi connectivity index (χ3n) is 6.20. The maximum absolute atomic E-state index is 12.8. The van der Waals surface area contributed by atoms with Gasteiger partial charge >= 0.3 is 6.18 Å². The number of aromatic nitrogens is 3. The molecule has 9 heteroatoms. The molecule has 2 heterocycles.